The Bertz CT molecular complexity index is 971. The van der Waals surface area contributed by atoms with Crippen LogP contribution in [-0.4, -0.2) is 21.9 Å². The molecule has 0 radical (unpaired) electrons. The fraction of sp³-hybridized carbons (Fsp3) is 0.450. The van der Waals surface area contributed by atoms with Crippen molar-refractivity contribution in [2.24, 2.45) is 13.0 Å². The summed E-state index contributed by atoms with van der Waals surface area (Å²) >= 11 is 0. The number of ether oxygens (including phenoxy) is 2. The minimum Gasteiger partial charge on any atom is -0.486 e. The van der Waals surface area contributed by atoms with Gasteiger partial charge < -0.3 is 14.0 Å². The van der Waals surface area contributed by atoms with Gasteiger partial charge >= 0.3 is 0 Å². The largest absolute Gasteiger partial charge is 0.486 e. The van der Waals surface area contributed by atoms with Crippen molar-refractivity contribution in [2.75, 3.05) is 0 Å². The molecule has 0 bridgehead atoms. The number of benzene rings is 1. The Morgan fingerprint density at radius 2 is 1.92 bits per heavy atom. The number of para-hydroxylation sites is 1. The maximum atomic E-state index is 13.2. The molecule has 0 spiro atoms. The van der Waals surface area contributed by atoms with E-state index in [1.54, 1.807) is 4.57 Å². The Kier molecular flexibility index (Phi) is 2.45. The number of nitrogens with zero attached hydrogens (tertiary/aromatic N) is 1. The van der Waals surface area contributed by atoms with Crippen molar-refractivity contribution in [3.8, 4) is 5.75 Å². The number of hydrogen-bond acceptors (Lipinski definition) is 3. The van der Waals surface area contributed by atoms with Gasteiger partial charge in [-0.05, 0) is 32.9 Å². The highest BCUT2D eigenvalue weighted by Crippen LogP contribution is 2.59. The zero-order valence-electron chi connectivity index (χ0n) is 14.4. The van der Waals surface area contributed by atoms with Crippen molar-refractivity contribution in [1.29, 1.82) is 0 Å². The number of hydrogen-bond donors (Lipinski definition) is 0. The summed E-state index contributed by atoms with van der Waals surface area (Å²) in [5.74, 6) is 0.926. The van der Waals surface area contributed by atoms with E-state index in [0.29, 0.717) is 0 Å². The van der Waals surface area contributed by atoms with Crippen LogP contribution in [-0.2, 0) is 11.8 Å². The first-order chi connectivity index (χ1) is 11.3. The number of epoxide rings is 1. The van der Waals surface area contributed by atoms with Gasteiger partial charge in [-0.15, -0.1) is 0 Å². The lowest BCUT2D eigenvalue weighted by Crippen LogP contribution is -2.49. The maximum Gasteiger partial charge on any atom is 0.258 e. The average molecular weight is 323 g/mol. The predicted octanol–water partition coefficient (Wildman–Crippen LogP) is 3.14. The lowest BCUT2D eigenvalue weighted by atomic mass is 9.67. The van der Waals surface area contributed by atoms with E-state index in [1.165, 1.54) is 0 Å². The van der Waals surface area contributed by atoms with E-state index in [4.69, 9.17) is 9.47 Å². The van der Waals surface area contributed by atoms with Crippen molar-refractivity contribution in [1.82, 2.24) is 4.57 Å². The second-order valence-corrected chi connectivity index (χ2v) is 7.96. The lowest BCUT2D eigenvalue weighted by Gasteiger charge is -2.45. The summed E-state index contributed by atoms with van der Waals surface area (Å²) < 4.78 is 14.2. The number of rotatable bonds is 0. The minimum atomic E-state index is -0.378. The van der Waals surface area contributed by atoms with Gasteiger partial charge in [0, 0.05) is 24.3 Å². The Morgan fingerprint density at radius 3 is 2.71 bits per heavy atom. The SMILES string of the molecule is Cn1c(=O)c2c(c3ccccc31)OC(C)(C)[C@@H]1C=C[C@]3(C)O[C@@H]3[C@@H]21. The first kappa shape index (κ1) is 14.3. The lowest BCUT2D eigenvalue weighted by molar-refractivity contribution is 0.0271. The molecule has 4 nitrogen and oxygen atoms in total. The molecule has 1 saturated heterocycles. The summed E-state index contributed by atoms with van der Waals surface area (Å²) in [6, 6.07) is 7.96. The zero-order valence-corrected chi connectivity index (χ0v) is 14.4. The van der Waals surface area contributed by atoms with Gasteiger partial charge in [-0.25, -0.2) is 0 Å². The van der Waals surface area contributed by atoms with Crippen LogP contribution in [0.5, 0.6) is 5.75 Å². The van der Waals surface area contributed by atoms with Crippen LogP contribution in [0.25, 0.3) is 10.9 Å². The summed E-state index contributed by atoms with van der Waals surface area (Å²) in [5, 5.41) is 0.998. The summed E-state index contributed by atoms with van der Waals surface area (Å²) in [7, 11) is 1.84. The highest BCUT2D eigenvalue weighted by Gasteiger charge is 2.63. The third-order valence-electron chi connectivity index (χ3n) is 6.03. The Morgan fingerprint density at radius 1 is 1.17 bits per heavy atom. The highest BCUT2D eigenvalue weighted by molar-refractivity contribution is 5.87. The Hall–Kier alpha value is -2.07. The molecule has 124 valence electrons. The van der Waals surface area contributed by atoms with E-state index in [2.05, 4.69) is 32.9 Å². The van der Waals surface area contributed by atoms with Gasteiger partial charge in [0.05, 0.1) is 17.2 Å². The predicted molar refractivity (Wildman–Crippen MR) is 92.5 cm³/mol. The molecule has 1 aliphatic carbocycles. The number of pyridine rings is 1. The van der Waals surface area contributed by atoms with Crippen LogP contribution < -0.4 is 10.3 Å². The summed E-state index contributed by atoms with van der Waals surface area (Å²) in [6.07, 6.45) is 4.38. The molecule has 1 aromatic carbocycles. The third kappa shape index (κ3) is 1.59. The molecule has 0 saturated carbocycles. The van der Waals surface area contributed by atoms with Gasteiger partial charge in [0.2, 0.25) is 0 Å². The van der Waals surface area contributed by atoms with E-state index in [0.717, 1.165) is 22.2 Å². The van der Waals surface area contributed by atoms with Crippen molar-refractivity contribution in [2.45, 2.75) is 44.0 Å². The van der Waals surface area contributed by atoms with Crippen molar-refractivity contribution in [3.05, 3.63) is 52.3 Å². The molecule has 0 N–H and O–H groups in total. The van der Waals surface area contributed by atoms with Gasteiger partial charge in [-0.3, -0.25) is 4.79 Å². The van der Waals surface area contributed by atoms with E-state index < -0.39 is 0 Å². The Balaban J connectivity index is 1.88. The quantitative estimate of drug-likeness (QED) is 0.553. The van der Waals surface area contributed by atoms with Crippen LogP contribution in [0.1, 0.15) is 32.3 Å². The van der Waals surface area contributed by atoms with Gasteiger partial charge in [0.1, 0.15) is 17.0 Å². The van der Waals surface area contributed by atoms with Gasteiger partial charge in [0.15, 0.2) is 0 Å². The molecule has 0 amide bonds. The van der Waals surface area contributed by atoms with Gasteiger partial charge in [0.25, 0.3) is 5.56 Å². The minimum absolute atomic E-state index is 0.0300. The van der Waals surface area contributed by atoms with E-state index in [9.17, 15) is 4.79 Å². The first-order valence-electron chi connectivity index (χ1n) is 8.51. The van der Waals surface area contributed by atoms with Crippen LogP contribution in [0.4, 0.5) is 0 Å². The maximum absolute atomic E-state index is 13.2. The number of fused-ring (bicyclic) bond motifs is 7. The third-order valence-corrected chi connectivity index (χ3v) is 6.03. The fourth-order valence-electron chi connectivity index (χ4n) is 4.63. The summed E-state index contributed by atoms with van der Waals surface area (Å²) in [6.45, 7) is 6.31. The molecule has 24 heavy (non-hydrogen) atoms. The highest BCUT2D eigenvalue weighted by atomic mass is 16.6. The van der Waals surface area contributed by atoms with Crippen molar-refractivity contribution < 1.29 is 9.47 Å². The molecule has 2 aliphatic heterocycles. The van der Waals surface area contributed by atoms with Crippen molar-refractivity contribution >= 4 is 10.9 Å². The molecular weight excluding hydrogens is 302 g/mol. The number of aryl methyl sites for hydroxylation is 1. The zero-order chi connectivity index (χ0) is 16.9. The van der Waals surface area contributed by atoms with Crippen LogP contribution in [0, 0.1) is 5.92 Å². The molecule has 3 heterocycles. The first-order valence-corrected chi connectivity index (χ1v) is 8.51. The second-order valence-electron chi connectivity index (χ2n) is 7.96. The summed E-state index contributed by atoms with van der Waals surface area (Å²) in [5.41, 5.74) is 1.10. The van der Waals surface area contributed by atoms with Crippen LogP contribution in [0.2, 0.25) is 0 Å². The molecule has 4 atom stereocenters. The van der Waals surface area contributed by atoms with Crippen molar-refractivity contribution in [3.63, 3.8) is 0 Å². The number of aromatic nitrogens is 1. The van der Waals surface area contributed by atoms with E-state index in [-0.39, 0.29) is 34.7 Å². The molecule has 1 fully saturated rings. The molecule has 5 rings (SSSR count). The van der Waals surface area contributed by atoms with E-state index >= 15 is 0 Å². The molecule has 4 heteroatoms. The Labute approximate surface area is 140 Å². The molecule has 1 aromatic heterocycles. The smallest absolute Gasteiger partial charge is 0.258 e. The van der Waals surface area contributed by atoms with Crippen LogP contribution in [0.3, 0.4) is 0 Å². The standard InChI is InChI=1S/C20H21NO3/c1-19(2)12-9-10-20(3)17(24-20)14(12)15-16(23-19)11-7-5-6-8-13(11)21(4)18(15)22/h5-10,12,14,17H,1-4H3/t12-,14-,17-,20+/m1/s1. The molecular formula is C20H21NO3. The monoisotopic (exact) mass is 323 g/mol. The van der Waals surface area contributed by atoms with E-state index in [1.807, 2.05) is 31.3 Å². The molecule has 0 unspecified atom stereocenters. The van der Waals surface area contributed by atoms with Crippen LogP contribution in [0.15, 0.2) is 41.2 Å². The normalized spacial score (nSPS) is 34.9. The van der Waals surface area contributed by atoms with Gasteiger partial charge in [-0.2, -0.15) is 0 Å². The van der Waals surface area contributed by atoms with Crippen LogP contribution >= 0.6 is 0 Å². The average Bonchev–Trinajstić information content (AvgIpc) is 3.24. The molecule has 3 aliphatic rings. The fourth-order valence-corrected chi connectivity index (χ4v) is 4.63. The molecule has 2 aromatic rings. The topological polar surface area (TPSA) is 43.8 Å². The second kappa shape index (κ2) is 4.12. The van der Waals surface area contributed by atoms with Gasteiger partial charge in [-0.1, -0.05) is 24.3 Å². The summed E-state index contributed by atoms with van der Waals surface area (Å²) in [4.78, 5) is 13.2.